The maximum Gasteiger partial charge on any atom is 0.197 e. The Hall–Kier alpha value is -2.80. The van der Waals surface area contributed by atoms with Crippen molar-refractivity contribution in [3.63, 3.8) is 0 Å². The normalized spacial score (nSPS) is 12.9. The fraction of sp³-hybridized carbons (Fsp3) is 0.0435. The molecule has 0 saturated carbocycles. The van der Waals surface area contributed by atoms with Gasteiger partial charge in [0.2, 0.25) is 0 Å². The third-order valence-electron chi connectivity index (χ3n) is 4.48. The SMILES string of the molecule is O=C1C(=Cc2ccc(OCc3ccc(F)cc3)c(I)c2)C(=O)c2ccccc21. The van der Waals surface area contributed by atoms with E-state index in [0.717, 1.165) is 14.7 Å². The third kappa shape index (κ3) is 3.62. The van der Waals surface area contributed by atoms with Crippen molar-refractivity contribution in [3.8, 4) is 5.75 Å². The van der Waals surface area contributed by atoms with Gasteiger partial charge in [-0.05, 0) is 64.1 Å². The van der Waals surface area contributed by atoms with Gasteiger partial charge in [0.1, 0.15) is 18.2 Å². The van der Waals surface area contributed by atoms with E-state index in [1.807, 2.05) is 6.07 Å². The summed E-state index contributed by atoms with van der Waals surface area (Å²) in [5, 5.41) is 0. The molecule has 0 fully saturated rings. The molecular weight excluding hydrogens is 470 g/mol. The molecule has 0 atom stereocenters. The van der Waals surface area contributed by atoms with Crippen LogP contribution in [0.15, 0.2) is 72.3 Å². The number of hydrogen-bond donors (Lipinski definition) is 0. The van der Waals surface area contributed by atoms with Crippen LogP contribution in [0.5, 0.6) is 5.75 Å². The number of benzene rings is 3. The van der Waals surface area contributed by atoms with Crippen molar-refractivity contribution < 1.29 is 18.7 Å². The summed E-state index contributed by atoms with van der Waals surface area (Å²) in [7, 11) is 0. The standard InChI is InChI=1S/C23H14FIO3/c24-16-8-5-14(6-9-16)13-28-21-10-7-15(12-20(21)25)11-19-22(26)17-3-1-2-4-18(17)23(19)27/h1-12H,13H2. The van der Waals surface area contributed by atoms with Crippen molar-refractivity contribution in [2.24, 2.45) is 0 Å². The largest absolute Gasteiger partial charge is 0.488 e. The molecule has 0 aliphatic heterocycles. The average molecular weight is 484 g/mol. The van der Waals surface area contributed by atoms with E-state index in [-0.39, 0.29) is 23.0 Å². The summed E-state index contributed by atoms with van der Waals surface area (Å²) in [4.78, 5) is 25.0. The maximum absolute atomic E-state index is 13.0. The number of halogens is 2. The van der Waals surface area contributed by atoms with E-state index in [1.165, 1.54) is 12.1 Å². The van der Waals surface area contributed by atoms with Gasteiger partial charge >= 0.3 is 0 Å². The maximum atomic E-state index is 13.0. The lowest BCUT2D eigenvalue weighted by atomic mass is 10.1. The molecule has 0 unspecified atom stereocenters. The van der Waals surface area contributed by atoms with Crippen LogP contribution in [0.4, 0.5) is 4.39 Å². The van der Waals surface area contributed by atoms with Crippen molar-refractivity contribution in [1.29, 1.82) is 0 Å². The minimum atomic E-state index is -0.283. The minimum absolute atomic E-state index is 0.178. The molecule has 1 aliphatic rings. The van der Waals surface area contributed by atoms with Gasteiger partial charge < -0.3 is 4.74 Å². The highest BCUT2D eigenvalue weighted by Gasteiger charge is 2.32. The zero-order chi connectivity index (χ0) is 19.7. The van der Waals surface area contributed by atoms with E-state index in [1.54, 1.807) is 54.6 Å². The lowest BCUT2D eigenvalue weighted by molar-refractivity contribution is 0.0990. The Morgan fingerprint density at radius 2 is 1.54 bits per heavy atom. The lowest BCUT2D eigenvalue weighted by Gasteiger charge is -2.09. The Bertz CT molecular complexity index is 1080. The zero-order valence-electron chi connectivity index (χ0n) is 14.6. The number of hydrogen-bond acceptors (Lipinski definition) is 3. The first kappa shape index (κ1) is 18.6. The first-order chi connectivity index (χ1) is 13.5. The number of rotatable bonds is 4. The third-order valence-corrected chi connectivity index (χ3v) is 5.32. The van der Waals surface area contributed by atoms with Gasteiger partial charge in [0.15, 0.2) is 11.6 Å². The second-order valence-corrected chi connectivity index (χ2v) is 7.53. The number of ketones is 2. The topological polar surface area (TPSA) is 43.4 Å². The molecule has 3 aromatic carbocycles. The molecule has 28 heavy (non-hydrogen) atoms. The van der Waals surface area contributed by atoms with Gasteiger partial charge in [-0.2, -0.15) is 0 Å². The van der Waals surface area contributed by atoms with Gasteiger partial charge in [-0.3, -0.25) is 9.59 Å². The van der Waals surface area contributed by atoms with Crippen LogP contribution in [0, 0.1) is 9.39 Å². The van der Waals surface area contributed by atoms with Crippen LogP contribution in [0.3, 0.4) is 0 Å². The molecule has 0 N–H and O–H groups in total. The number of carbonyl (C=O) groups excluding carboxylic acids is 2. The molecule has 4 rings (SSSR count). The predicted octanol–water partition coefficient (Wildman–Crippen LogP) is 5.47. The number of ether oxygens (including phenoxy) is 1. The number of carbonyl (C=O) groups is 2. The molecule has 0 radical (unpaired) electrons. The van der Waals surface area contributed by atoms with Crippen molar-refractivity contribution in [2.45, 2.75) is 6.61 Å². The average Bonchev–Trinajstić information content (AvgIpc) is 2.94. The molecule has 0 heterocycles. The second-order valence-electron chi connectivity index (χ2n) is 6.37. The van der Waals surface area contributed by atoms with Crippen LogP contribution < -0.4 is 4.74 Å². The van der Waals surface area contributed by atoms with Gasteiger partial charge in [-0.15, -0.1) is 0 Å². The summed E-state index contributed by atoms with van der Waals surface area (Å²) in [5.74, 6) is -0.0900. The predicted molar refractivity (Wildman–Crippen MR) is 113 cm³/mol. The fourth-order valence-corrected chi connectivity index (χ4v) is 3.73. The molecule has 138 valence electrons. The van der Waals surface area contributed by atoms with Crippen LogP contribution >= 0.6 is 22.6 Å². The van der Waals surface area contributed by atoms with Crippen molar-refractivity contribution in [1.82, 2.24) is 0 Å². The van der Waals surface area contributed by atoms with Crippen molar-refractivity contribution in [2.75, 3.05) is 0 Å². The Balaban J connectivity index is 1.54. The van der Waals surface area contributed by atoms with Gasteiger partial charge in [-0.25, -0.2) is 4.39 Å². The molecule has 0 aromatic heterocycles. The van der Waals surface area contributed by atoms with Crippen LogP contribution in [-0.2, 0) is 6.61 Å². The van der Waals surface area contributed by atoms with E-state index < -0.39 is 0 Å². The van der Waals surface area contributed by atoms with Gasteiger partial charge in [0, 0.05) is 11.1 Å². The second kappa shape index (κ2) is 7.67. The molecule has 1 aliphatic carbocycles. The highest BCUT2D eigenvalue weighted by atomic mass is 127. The summed E-state index contributed by atoms with van der Waals surface area (Å²) in [5.41, 5.74) is 2.70. The van der Waals surface area contributed by atoms with Crippen molar-refractivity contribution >= 4 is 40.2 Å². The highest BCUT2D eigenvalue weighted by Crippen LogP contribution is 2.29. The molecule has 5 heteroatoms. The van der Waals surface area contributed by atoms with Crippen LogP contribution in [-0.4, -0.2) is 11.6 Å². The number of fused-ring (bicyclic) bond motifs is 1. The Morgan fingerprint density at radius 3 is 2.14 bits per heavy atom. The monoisotopic (exact) mass is 484 g/mol. The van der Waals surface area contributed by atoms with E-state index >= 15 is 0 Å². The van der Waals surface area contributed by atoms with E-state index in [4.69, 9.17) is 4.74 Å². The Labute approximate surface area is 175 Å². The lowest BCUT2D eigenvalue weighted by Crippen LogP contribution is -2.01. The molecule has 3 aromatic rings. The zero-order valence-corrected chi connectivity index (χ0v) is 16.8. The summed E-state index contributed by atoms with van der Waals surface area (Å²) in [6, 6.07) is 18.5. The summed E-state index contributed by atoms with van der Waals surface area (Å²) in [6.07, 6.45) is 1.62. The molecule has 0 spiro atoms. The first-order valence-electron chi connectivity index (χ1n) is 8.60. The fourth-order valence-electron chi connectivity index (χ4n) is 3.04. The van der Waals surface area contributed by atoms with Gasteiger partial charge in [0.05, 0.1) is 9.14 Å². The summed E-state index contributed by atoms with van der Waals surface area (Å²) in [6.45, 7) is 0.322. The quantitative estimate of drug-likeness (QED) is 0.280. The summed E-state index contributed by atoms with van der Waals surface area (Å²) >= 11 is 2.15. The first-order valence-corrected chi connectivity index (χ1v) is 9.68. The van der Waals surface area contributed by atoms with Gasteiger partial charge in [0.25, 0.3) is 0 Å². The van der Waals surface area contributed by atoms with Gasteiger partial charge in [-0.1, -0.05) is 42.5 Å². The Kier molecular flexibility index (Phi) is 5.09. The summed E-state index contributed by atoms with van der Waals surface area (Å²) < 4.78 is 19.6. The molecular formula is C23H14FIO3. The van der Waals surface area contributed by atoms with E-state index in [9.17, 15) is 14.0 Å². The molecule has 3 nitrogen and oxygen atoms in total. The van der Waals surface area contributed by atoms with Crippen LogP contribution in [0.25, 0.3) is 6.08 Å². The number of Topliss-reactive ketones (excluding diaryl/α,β-unsaturated/α-hetero) is 2. The molecule has 0 saturated heterocycles. The van der Waals surface area contributed by atoms with E-state index in [0.29, 0.717) is 23.5 Å². The number of allylic oxidation sites excluding steroid dienone is 1. The minimum Gasteiger partial charge on any atom is -0.488 e. The van der Waals surface area contributed by atoms with Crippen molar-refractivity contribution in [3.05, 3.63) is 104 Å². The van der Waals surface area contributed by atoms with Crippen LogP contribution in [0.1, 0.15) is 31.8 Å². The smallest absolute Gasteiger partial charge is 0.197 e. The molecule has 0 amide bonds. The molecule has 0 bridgehead atoms. The van der Waals surface area contributed by atoms with E-state index in [2.05, 4.69) is 22.6 Å². The Morgan fingerprint density at radius 1 is 0.893 bits per heavy atom. The highest BCUT2D eigenvalue weighted by molar-refractivity contribution is 14.1. The van der Waals surface area contributed by atoms with Crippen LogP contribution in [0.2, 0.25) is 0 Å².